The van der Waals surface area contributed by atoms with Gasteiger partial charge in [-0.3, -0.25) is 9.59 Å². The van der Waals surface area contributed by atoms with Crippen LogP contribution in [-0.2, 0) is 17.8 Å². The molecule has 0 fully saturated rings. The monoisotopic (exact) mass is 364 g/mol. The van der Waals surface area contributed by atoms with Gasteiger partial charge in [0.15, 0.2) is 6.29 Å². The Morgan fingerprint density at radius 1 is 1.26 bits per heavy atom. The molecular weight excluding hydrogens is 343 g/mol. The minimum absolute atomic E-state index is 0.0446. The molecule has 0 spiro atoms. The van der Waals surface area contributed by atoms with Gasteiger partial charge in [-0.2, -0.15) is 0 Å². The number of benzene rings is 2. The third-order valence-electron chi connectivity index (χ3n) is 5.53. The van der Waals surface area contributed by atoms with E-state index in [1.165, 1.54) is 12.1 Å². The van der Waals surface area contributed by atoms with E-state index in [9.17, 15) is 14.0 Å². The van der Waals surface area contributed by atoms with E-state index in [0.717, 1.165) is 47.0 Å². The van der Waals surface area contributed by atoms with Crippen molar-refractivity contribution in [3.8, 4) is 0 Å². The maximum atomic E-state index is 13.6. The minimum atomic E-state index is -0.279. The van der Waals surface area contributed by atoms with Crippen molar-refractivity contribution in [3.05, 3.63) is 65.1 Å². The fraction of sp³-hybridized carbons (Fsp3) is 0.273. The lowest BCUT2D eigenvalue weighted by Crippen LogP contribution is -2.43. The van der Waals surface area contributed by atoms with Crippen molar-refractivity contribution in [2.45, 2.75) is 39.3 Å². The SMILES string of the molecule is Cc1c(C=O)c2ccccc2n1CC(=O)N1c2ccc(F)cc2CC[C@@H]1C. The van der Waals surface area contributed by atoms with Crippen molar-refractivity contribution >= 4 is 28.8 Å². The topological polar surface area (TPSA) is 42.3 Å². The van der Waals surface area contributed by atoms with Crippen LogP contribution >= 0.6 is 0 Å². The van der Waals surface area contributed by atoms with Gasteiger partial charge in [-0.1, -0.05) is 18.2 Å². The number of aldehydes is 1. The molecule has 0 unspecified atom stereocenters. The number of rotatable bonds is 3. The van der Waals surface area contributed by atoms with E-state index in [2.05, 4.69) is 0 Å². The van der Waals surface area contributed by atoms with Gasteiger partial charge in [0.05, 0.1) is 0 Å². The Morgan fingerprint density at radius 2 is 2.04 bits per heavy atom. The maximum Gasteiger partial charge on any atom is 0.247 e. The van der Waals surface area contributed by atoms with Gasteiger partial charge in [-0.05, 0) is 56.5 Å². The van der Waals surface area contributed by atoms with Crippen LogP contribution in [0.4, 0.5) is 10.1 Å². The summed E-state index contributed by atoms with van der Waals surface area (Å²) in [5.41, 5.74) is 3.92. The molecule has 5 heteroatoms. The fourth-order valence-corrected chi connectivity index (χ4v) is 4.12. The van der Waals surface area contributed by atoms with Crippen molar-refractivity contribution in [3.63, 3.8) is 0 Å². The van der Waals surface area contributed by atoms with Gasteiger partial charge in [0.2, 0.25) is 5.91 Å². The van der Waals surface area contributed by atoms with Crippen LogP contribution in [0.3, 0.4) is 0 Å². The number of anilines is 1. The van der Waals surface area contributed by atoms with E-state index >= 15 is 0 Å². The van der Waals surface area contributed by atoms with Crippen molar-refractivity contribution < 1.29 is 14.0 Å². The highest BCUT2D eigenvalue weighted by Crippen LogP contribution is 2.32. The van der Waals surface area contributed by atoms with Gasteiger partial charge in [-0.25, -0.2) is 4.39 Å². The molecule has 3 aromatic rings. The first-order chi connectivity index (χ1) is 13.0. The Morgan fingerprint density at radius 3 is 2.81 bits per heavy atom. The summed E-state index contributed by atoms with van der Waals surface area (Å²) in [5, 5.41) is 0.854. The molecule has 138 valence electrons. The van der Waals surface area contributed by atoms with Crippen LogP contribution in [0, 0.1) is 12.7 Å². The summed E-state index contributed by atoms with van der Waals surface area (Å²) in [6, 6.07) is 12.3. The first-order valence-electron chi connectivity index (χ1n) is 9.14. The van der Waals surface area contributed by atoms with Gasteiger partial charge in [0.25, 0.3) is 0 Å². The van der Waals surface area contributed by atoms with Crippen LogP contribution in [0.1, 0.15) is 35.0 Å². The number of hydrogen-bond donors (Lipinski definition) is 0. The Kier molecular flexibility index (Phi) is 4.30. The van der Waals surface area contributed by atoms with Crippen molar-refractivity contribution in [2.75, 3.05) is 4.90 Å². The largest absolute Gasteiger partial charge is 0.335 e. The first kappa shape index (κ1) is 17.5. The number of aromatic nitrogens is 1. The van der Waals surface area contributed by atoms with Gasteiger partial charge >= 0.3 is 0 Å². The molecule has 0 radical (unpaired) electrons. The van der Waals surface area contributed by atoms with Crippen molar-refractivity contribution in [1.29, 1.82) is 0 Å². The summed E-state index contributed by atoms with van der Waals surface area (Å²) in [6.07, 6.45) is 2.41. The molecule has 1 atom stereocenters. The maximum absolute atomic E-state index is 13.6. The Hall–Kier alpha value is -2.95. The fourth-order valence-electron chi connectivity index (χ4n) is 4.12. The molecule has 2 aromatic carbocycles. The number of hydrogen-bond acceptors (Lipinski definition) is 2. The smallest absolute Gasteiger partial charge is 0.247 e. The number of amides is 1. The summed E-state index contributed by atoms with van der Waals surface area (Å²) in [6.45, 7) is 4.02. The van der Waals surface area contributed by atoms with Crippen LogP contribution in [0.5, 0.6) is 0 Å². The highest BCUT2D eigenvalue weighted by Gasteiger charge is 2.29. The van der Waals surface area contributed by atoms with E-state index in [1.807, 2.05) is 42.7 Å². The average molecular weight is 364 g/mol. The number of fused-ring (bicyclic) bond motifs is 2. The zero-order valence-electron chi connectivity index (χ0n) is 15.4. The summed E-state index contributed by atoms with van der Waals surface area (Å²) in [7, 11) is 0. The molecular formula is C22H21FN2O2. The molecule has 4 rings (SSSR count). The molecule has 0 N–H and O–H groups in total. The van der Waals surface area contributed by atoms with Gasteiger partial charge in [0.1, 0.15) is 12.4 Å². The minimum Gasteiger partial charge on any atom is -0.335 e. The number of para-hydroxylation sites is 1. The number of carbonyl (C=O) groups is 2. The molecule has 2 heterocycles. The first-order valence-corrected chi connectivity index (χ1v) is 9.14. The zero-order chi connectivity index (χ0) is 19.1. The van der Waals surface area contributed by atoms with Crippen LogP contribution in [0.2, 0.25) is 0 Å². The summed E-state index contributed by atoms with van der Waals surface area (Å²) < 4.78 is 15.5. The van der Waals surface area contributed by atoms with Gasteiger partial charge < -0.3 is 9.47 Å². The number of carbonyl (C=O) groups excluding carboxylic acids is 2. The molecule has 0 saturated carbocycles. The Balaban J connectivity index is 1.75. The highest BCUT2D eigenvalue weighted by atomic mass is 19.1. The van der Waals surface area contributed by atoms with E-state index < -0.39 is 0 Å². The number of halogens is 1. The van der Waals surface area contributed by atoms with Crippen LogP contribution in [0.15, 0.2) is 42.5 Å². The van der Waals surface area contributed by atoms with E-state index in [-0.39, 0.29) is 24.3 Å². The molecule has 0 aliphatic carbocycles. The molecule has 4 nitrogen and oxygen atoms in total. The van der Waals surface area contributed by atoms with Crippen molar-refractivity contribution in [1.82, 2.24) is 4.57 Å². The van der Waals surface area contributed by atoms with Crippen LogP contribution in [-0.4, -0.2) is 22.8 Å². The van der Waals surface area contributed by atoms with Crippen LogP contribution in [0.25, 0.3) is 10.9 Å². The molecule has 0 bridgehead atoms. The molecule has 1 aromatic heterocycles. The lowest BCUT2D eigenvalue weighted by molar-refractivity contribution is -0.119. The molecule has 1 amide bonds. The van der Waals surface area contributed by atoms with E-state index in [4.69, 9.17) is 0 Å². The lowest BCUT2D eigenvalue weighted by atomic mass is 9.96. The Bertz CT molecular complexity index is 1050. The van der Waals surface area contributed by atoms with Crippen molar-refractivity contribution in [2.24, 2.45) is 0 Å². The Labute approximate surface area is 157 Å². The molecule has 27 heavy (non-hydrogen) atoms. The quantitative estimate of drug-likeness (QED) is 0.652. The second-order valence-electron chi connectivity index (χ2n) is 7.14. The number of nitrogens with zero attached hydrogens (tertiary/aromatic N) is 2. The molecule has 1 aliphatic heterocycles. The normalized spacial score (nSPS) is 16.4. The standard InChI is InChI=1S/C22H21FN2O2/c1-14-7-8-16-11-17(23)9-10-20(16)25(14)22(27)12-24-15(2)19(13-26)18-5-3-4-6-21(18)24/h3-6,9-11,13-14H,7-8,12H2,1-2H3/t14-/m0/s1. The molecule has 1 aliphatic rings. The number of aryl methyl sites for hydroxylation is 1. The predicted octanol–water partition coefficient (Wildman–Crippen LogP) is 4.27. The van der Waals surface area contributed by atoms with Gasteiger partial charge in [-0.15, -0.1) is 0 Å². The highest BCUT2D eigenvalue weighted by molar-refractivity contribution is 6.01. The third-order valence-corrected chi connectivity index (χ3v) is 5.53. The van der Waals surface area contributed by atoms with E-state index in [1.54, 1.807) is 11.0 Å². The van der Waals surface area contributed by atoms with Crippen LogP contribution < -0.4 is 4.90 Å². The predicted molar refractivity (Wildman–Crippen MR) is 104 cm³/mol. The zero-order valence-corrected chi connectivity index (χ0v) is 15.4. The summed E-state index contributed by atoms with van der Waals surface area (Å²) in [5.74, 6) is -0.338. The second kappa shape index (κ2) is 6.65. The average Bonchev–Trinajstić information content (AvgIpc) is 2.93. The molecule has 0 saturated heterocycles. The second-order valence-corrected chi connectivity index (χ2v) is 7.14. The third kappa shape index (κ3) is 2.83. The van der Waals surface area contributed by atoms with E-state index in [0.29, 0.717) is 5.56 Å². The van der Waals surface area contributed by atoms with Gasteiger partial charge in [0, 0.05) is 33.9 Å². The lowest BCUT2D eigenvalue weighted by Gasteiger charge is -2.35. The summed E-state index contributed by atoms with van der Waals surface area (Å²) in [4.78, 5) is 26.6. The summed E-state index contributed by atoms with van der Waals surface area (Å²) >= 11 is 0.